The van der Waals surface area contributed by atoms with Gasteiger partial charge in [0.2, 0.25) is 0 Å². The number of Topliss-reactive ketones (excluding diaryl/α,β-unsaturated/α-hetero) is 1. The molecule has 0 aromatic heterocycles. The monoisotopic (exact) mass is 374 g/mol. The van der Waals surface area contributed by atoms with Crippen LogP contribution in [0.5, 0.6) is 5.75 Å². The molecule has 0 aliphatic rings. The van der Waals surface area contributed by atoms with Crippen molar-refractivity contribution in [1.82, 2.24) is 0 Å². The number of carbonyl (C=O) groups is 2. The summed E-state index contributed by atoms with van der Waals surface area (Å²) in [5, 5.41) is 10.7. The number of unbranched alkanes of at least 4 members (excludes halogenated alkanes) is 1. The Morgan fingerprint density at radius 1 is 1.11 bits per heavy atom. The number of carboxylic acids is 1. The van der Waals surface area contributed by atoms with Gasteiger partial charge in [-0.15, -0.1) is 0 Å². The number of carboxylic acid groups (broad SMARTS) is 1. The molecule has 2 aromatic rings. The molecule has 0 saturated carbocycles. The fourth-order valence-electron chi connectivity index (χ4n) is 2.51. The Balaban J connectivity index is 0.000000314. The van der Waals surface area contributed by atoms with Crippen LogP contribution < -0.4 is 16.2 Å². The van der Waals surface area contributed by atoms with Crippen LogP contribution in [0.2, 0.25) is 0 Å². The average Bonchev–Trinajstić information content (AvgIpc) is 2.66. The molecule has 0 spiro atoms. The van der Waals surface area contributed by atoms with Gasteiger partial charge in [-0.2, -0.15) is 0 Å². The Morgan fingerprint density at radius 2 is 1.78 bits per heavy atom. The number of ether oxygens (including phenoxy) is 1. The number of aliphatic carboxylic acids is 1. The minimum absolute atomic E-state index is 0.236. The van der Waals surface area contributed by atoms with E-state index in [-0.39, 0.29) is 5.78 Å². The van der Waals surface area contributed by atoms with Crippen molar-refractivity contribution in [3.05, 3.63) is 42.0 Å². The highest BCUT2D eigenvalue weighted by Gasteiger charge is 2.09. The van der Waals surface area contributed by atoms with E-state index in [4.69, 9.17) is 21.3 Å². The van der Waals surface area contributed by atoms with Crippen LogP contribution in [-0.2, 0) is 16.0 Å². The van der Waals surface area contributed by atoms with Crippen molar-refractivity contribution >= 4 is 22.5 Å². The topological polar surface area (TPSA) is 116 Å². The molecule has 6 nitrogen and oxygen atoms in total. The molecule has 0 aliphatic heterocycles. The first-order valence-electron chi connectivity index (χ1n) is 9.12. The lowest BCUT2D eigenvalue weighted by Crippen LogP contribution is -2.29. The minimum Gasteiger partial charge on any atom is -0.497 e. The maximum Gasteiger partial charge on any atom is 0.320 e. The van der Waals surface area contributed by atoms with Crippen LogP contribution in [0, 0.1) is 0 Å². The molecule has 0 heterocycles. The lowest BCUT2D eigenvalue weighted by atomic mass is 10.0. The molecule has 6 heteroatoms. The number of fused-ring (bicyclic) bond motifs is 1. The molecule has 0 fully saturated rings. The van der Waals surface area contributed by atoms with Gasteiger partial charge < -0.3 is 26.1 Å². The molecule has 0 saturated heterocycles. The van der Waals surface area contributed by atoms with Gasteiger partial charge in [0.15, 0.2) is 0 Å². The standard InChI is InChI=1S/C15H16O2.C6H14N2O2/c1-11(16)3-4-12-5-6-14-10-15(17-2)8-7-13(14)9-12;7-4-2-1-3-5(8)6(9)10/h5-10H,3-4H2,1-2H3;5H,1-4,7-8H2,(H,9,10). The first-order chi connectivity index (χ1) is 12.9. The molecular formula is C21H30N2O4. The summed E-state index contributed by atoms with van der Waals surface area (Å²) < 4.78 is 5.19. The van der Waals surface area contributed by atoms with Crippen molar-refractivity contribution in [3.63, 3.8) is 0 Å². The van der Waals surface area contributed by atoms with Gasteiger partial charge in [-0.25, -0.2) is 0 Å². The molecule has 1 atom stereocenters. The van der Waals surface area contributed by atoms with Gasteiger partial charge in [0.1, 0.15) is 17.6 Å². The Labute approximate surface area is 160 Å². The van der Waals surface area contributed by atoms with Crippen LogP contribution >= 0.6 is 0 Å². The minimum atomic E-state index is -0.933. The molecule has 27 heavy (non-hydrogen) atoms. The zero-order chi connectivity index (χ0) is 20.2. The molecule has 2 rings (SSSR count). The molecule has 1 unspecified atom stereocenters. The first kappa shape index (κ1) is 22.6. The van der Waals surface area contributed by atoms with Crippen molar-refractivity contribution < 1.29 is 19.4 Å². The number of nitrogens with two attached hydrogens (primary N) is 2. The van der Waals surface area contributed by atoms with Crippen molar-refractivity contribution in [2.45, 2.75) is 45.1 Å². The van der Waals surface area contributed by atoms with Crippen LogP contribution in [0.15, 0.2) is 36.4 Å². The summed E-state index contributed by atoms with van der Waals surface area (Å²) in [6.45, 7) is 2.23. The molecule has 5 N–H and O–H groups in total. The number of hydrogen-bond donors (Lipinski definition) is 3. The molecule has 2 aromatic carbocycles. The Hall–Kier alpha value is -2.44. The van der Waals surface area contributed by atoms with Gasteiger partial charge >= 0.3 is 5.97 Å². The van der Waals surface area contributed by atoms with Crippen molar-refractivity contribution in [2.24, 2.45) is 11.5 Å². The highest BCUT2D eigenvalue weighted by Crippen LogP contribution is 2.22. The SMILES string of the molecule is COc1ccc2cc(CCC(C)=O)ccc2c1.NCCCCC(N)C(=O)O. The van der Waals surface area contributed by atoms with E-state index < -0.39 is 12.0 Å². The van der Waals surface area contributed by atoms with Gasteiger partial charge in [0, 0.05) is 6.42 Å². The maximum absolute atomic E-state index is 10.9. The van der Waals surface area contributed by atoms with Crippen molar-refractivity contribution in [3.8, 4) is 5.75 Å². The van der Waals surface area contributed by atoms with E-state index in [0.717, 1.165) is 30.4 Å². The zero-order valence-corrected chi connectivity index (χ0v) is 16.1. The zero-order valence-electron chi connectivity index (χ0n) is 16.1. The highest BCUT2D eigenvalue weighted by molar-refractivity contribution is 5.84. The molecule has 0 amide bonds. The number of benzene rings is 2. The van der Waals surface area contributed by atoms with Gasteiger partial charge in [-0.1, -0.05) is 30.7 Å². The van der Waals surface area contributed by atoms with Crippen LogP contribution in [0.3, 0.4) is 0 Å². The third-order valence-corrected chi connectivity index (χ3v) is 4.16. The van der Waals surface area contributed by atoms with E-state index in [1.165, 1.54) is 10.9 Å². The first-order valence-corrected chi connectivity index (χ1v) is 9.12. The smallest absolute Gasteiger partial charge is 0.320 e. The third kappa shape index (κ3) is 8.66. The summed E-state index contributed by atoms with van der Waals surface area (Å²) in [5.41, 5.74) is 11.6. The summed E-state index contributed by atoms with van der Waals surface area (Å²) in [5.74, 6) is 0.172. The van der Waals surface area contributed by atoms with Gasteiger partial charge in [0.25, 0.3) is 0 Å². The summed E-state index contributed by atoms with van der Waals surface area (Å²) in [6, 6.07) is 11.6. The van der Waals surface area contributed by atoms with Gasteiger partial charge in [-0.05, 0) is 61.2 Å². The van der Waals surface area contributed by atoms with Crippen LogP contribution in [0.25, 0.3) is 10.8 Å². The van der Waals surface area contributed by atoms with Crippen LogP contribution in [0.4, 0.5) is 0 Å². The van der Waals surface area contributed by atoms with Crippen molar-refractivity contribution in [2.75, 3.05) is 13.7 Å². The van der Waals surface area contributed by atoms with E-state index in [9.17, 15) is 9.59 Å². The Bertz CT molecular complexity index is 746. The second-order valence-corrected chi connectivity index (χ2v) is 6.48. The number of rotatable bonds is 9. The second kappa shape index (κ2) is 12.0. The number of methoxy groups -OCH3 is 1. The van der Waals surface area contributed by atoms with Crippen molar-refractivity contribution in [1.29, 1.82) is 0 Å². The molecule has 0 aliphatic carbocycles. The number of aryl methyl sites for hydroxylation is 1. The van der Waals surface area contributed by atoms with Gasteiger partial charge in [0.05, 0.1) is 7.11 Å². The summed E-state index contributed by atoms with van der Waals surface area (Å²) in [6.07, 6.45) is 3.59. The van der Waals surface area contributed by atoms with E-state index in [0.29, 0.717) is 19.4 Å². The number of ketones is 1. The van der Waals surface area contributed by atoms with E-state index in [2.05, 4.69) is 18.2 Å². The lowest BCUT2D eigenvalue weighted by Gasteiger charge is -2.05. The quantitative estimate of drug-likeness (QED) is 0.581. The third-order valence-electron chi connectivity index (χ3n) is 4.16. The average molecular weight is 374 g/mol. The summed E-state index contributed by atoms with van der Waals surface area (Å²) in [4.78, 5) is 21.1. The van der Waals surface area contributed by atoms with Gasteiger partial charge in [-0.3, -0.25) is 4.79 Å². The van der Waals surface area contributed by atoms with Crippen LogP contribution in [0.1, 0.15) is 38.2 Å². The maximum atomic E-state index is 10.9. The lowest BCUT2D eigenvalue weighted by molar-refractivity contribution is -0.138. The Morgan fingerprint density at radius 3 is 2.37 bits per heavy atom. The summed E-state index contributed by atoms with van der Waals surface area (Å²) >= 11 is 0. The van der Waals surface area contributed by atoms with E-state index in [1.54, 1.807) is 14.0 Å². The number of carbonyl (C=O) groups excluding carboxylic acids is 1. The van der Waals surface area contributed by atoms with Crippen LogP contribution in [-0.4, -0.2) is 36.6 Å². The molecule has 0 radical (unpaired) electrons. The Kier molecular flexibility index (Phi) is 10.1. The van der Waals surface area contributed by atoms with E-state index >= 15 is 0 Å². The number of hydrogen-bond acceptors (Lipinski definition) is 5. The fraction of sp³-hybridized carbons (Fsp3) is 0.429. The normalized spacial score (nSPS) is 11.4. The molecular weight excluding hydrogens is 344 g/mol. The molecule has 148 valence electrons. The predicted molar refractivity (Wildman–Crippen MR) is 108 cm³/mol. The fourth-order valence-corrected chi connectivity index (χ4v) is 2.51. The van der Waals surface area contributed by atoms with E-state index in [1.807, 2.05) is 18.2 Å². The highest BCUT2D eigenvalue weighted by atomic mass is 16.5. The second-order valence-electron chi connectivity index (χ2n) is 6.48. The predicted octanol–water partition coefficient (Wildman–Crippen LogP) is 2.90. The summed E-state index contributed by atoms with van der Waals surface area (Å²) in [7, 11) is 1.67. The largest absolute Gasteiger partial charge is 0.497 e. The molecule has 0 bridgehead atoms.